The second-order valence-corrected chi connectivity index (χ2v) is 4.48. The molecule has 1 heteroatoms. The smallest absolute Gasteiger partial charge is 0.00694 e. The lowest BCUT2D eigenvalue weighted by Crippen LogP contribution is -2.36. The van der Waals surface area contributed by atoms with Crippen molar-refractivity contribution in [1.29, 1.82) is 0 Å². The van der Waals surface area contributed by atoms with Gasteiger partial charge in [0.05, 0.1) is 0 Å². The first kappa shape index (κ1) is 18.3. The fourth-order valence-electron chi connectivity index (χ4n) is 2.03. The van der Waals surface area contributed by atoms with E-state index in [1.54, 1.807) is 0 Å². The molecule has 0 aliphatic rings. The molecule has 0 saturated heterocycles. The summed E-state index contributed by atoms with van der Waals surface area (Å²) in [6, 6.07) is 1.47. The van der Waals surface area contributed by atoms with Crippen LogP contribution in [-0.4, -0.2) is 12.1 Å². The number of hydrogen-bond donors (Lipinski definition) is 1. The van der Waals surface area contributed by atoms with Crippen molar-refractivity contribution in [3.63, 3.8) is 0 Å². The molecule has 0 spiro atoms. The van der Waals surface area contributed by atoms with Crippen LogP contribution in [0, 0.1) is 0 Å². The van der Waals surface area contributed by atoms with Gasteiger partial charge in [-0.15, -0.1) is 0 Å². The van der Waals surface area contributed by atoms with E-state index in [0.29, 0.717) is 6.04 Å². The van der Waals surface area contributed by atoms with Crippen molar-refractivity contribution in [3.8, 4) is 0 Å². The summed E-state index contributed by atoms with van der Waals surface area (Å²) in [5.74, 6) is 0. The zero-order chi connectivity index (χ0) is 12.8. The van der Waals surface area contributed by atoms with E-state index in [2.05, 4.69) is 33.0 Å². The van der Waals surface area contributed by atoms with E-state index in [1.807, 2.05) is 13.8 Å². The Morgan fingerprint density at radius 2 is 1.38 bits per heavy atom. The van der Waals surface area contributed by atoms with Gasteiger partial charge in [0.1, 0.15) is 0 Å². The minimum absolute atomic E-state index is 0.702. The summed E-state index contributed by atoms with van der Waals surface area (Å²) in [6.07, 6.45) is 9.31. The SMILES string of the molecule is CC.CCCCC(CCC)NC(C)CCC. The molecule has 0 fully saturated rings. The maximum Gasteiger partial charge on any atom is 0.00694 e. The third-order valence-corrected chi connectivity index (χ3v) is 2.79. The molecule has 1 nitrogen and oxygen atoms in total. The number of hydrogen-bond acceptors (Lipinski definition) is 1. The molecule has 0 heterocycles. The van der Waals surface area contributed by atoms with E-state index >= 15 is 0 Å². The molecule has 0 bridgehead atoms. The molecule has 0 amide bonds. The average Bonchev–Trinajstić information content (AvgIpc) is 2.29. The summed E-state index contributed by atoms with van der Waals surface area (Å²) >= 11 is 0. The molecule has 16 heavy (non-hydrogen) atoms. The highest BCUT2D eigenvalue weighted by Crippen LogP contribution is 2.09. The number of nitrogens with one attached hydrogen (secondary N) is 1. The first-order valence-electron chi connectivity index (χ1n) is 7.50. The molecule has 100 valence electrons. The van der Waals surface area contributed by atoms with Crippen LogP contribution in [0.1, 0.15) is 86.5 Å². The molecule has 0 aliphatic carbocycles. The quantitative estimate of drug-likeness (QED) is 0.576. The van der Waals surface area contributed by atoms with E-state index < -0.39 is 0 Å². The van der Waals surface area contributed by atoms with Gasteiger partial charge >= 0.3 is 0 Å². The summed E-state index contributed by atoms with van der Waals surface area (Å²) in [6.45, 7) is 13.1. The molecule has 2 unspecified atom stereocenters. The minimum Gasteiger partial charge on any atom is -0.312 e. The standard InChI is InChI=1S/C13H29N.C2H6/c1-5-8-11-13(10-7-3)14-12(4)9-6-2;1-2/h12-14H,5-11H2,1-4H3;1-2H3. The maximum absolute atomic E-state index is 3.75. The van der Waals surface area contributed by atoms with Crippen LogP contribution in [-0.2, 0) is 0 Å². The lowest BCUT2D eigenvalue weighted by molar-refractivity contribution is 0.378. The minimum atomic E-state index is 0.702. The van der Waals surface area contributed by atoms with Crippen molar-refractivity contribution in [2.45, 2.75) is 98.6 Å². The van der Waals surface area contributed by atoms with Gasteiger partial charge in [0.15, 0.2) is 0 Å². The van der Waals surface area contributed by atoms with Crippen LogP contribution >= 0.6 is 0 Å². The fraction of sp³-hybridized carbons (Fsp3) is 1.00. The summed E-state index contributed by atoms with van der Waals surface area (Å²) in [5, 5.41) is 3.75. The predicted molar refractivity (Wildman–Crippen MR) is 77.1 cm³/mol. The molecular formula is C15H35N. The molecule has 0 aromatic heterocycles. The molecule has 0 saturated carbocycles. The van der Waals surface area contributed by atoms with Crippen molar-refractivity contribution in [2.24, 2.45) is 0 Å². The van der Waals surface area contributed by atoms with E-state index in [0.717, 1.165) is 6.04 Å². The molecule has 0 aliphatic heterocycles. The van der Waals surface area contributed by atoms with Crippen LogP contribution in [0.5, 0.6) is 0 Å². The number of unbranched alkanes of at least 4 members (excludes halogenated alkanes) is 1. The van der Waals surface area contributed by atoms with Crippen molar-refractivity contribution >= 4 is 0 Å². The zero-order valence-electron chi connectivity index (χ0n) is 12.6. The van der Waals surface area contributed by atoms with Crippen LogP contribution in [0.4, 0.5) is 0 Å². The zero-order valence-corrected chi connectivity index (χ0v) is 12.6. The Hall–Kier alpha value is -0.0400. The Morgan fingerprint density at radius 3 is 1.81 bits per heavy atom. The first-order chi connectivity index (χ1) is 7.74. The Balaban J connectivity index is 0. The van der Waals surface area contributed by atoms with Crippen molar-refractivity contribution < 1.29 is 0 Å². The van der Waals surface area contributed by atoms with E-state index in [1.165, 1.54) is 44.9 Å². The van der Waals surface area contributed by atoms with Crippen LogP contribution in [0.25, 0.3) is 0 Å². The predicted octanol–water partition coefficient (Wildman–Crippen LogP) is 5.15. The van der Waals surface area contributed by atoms with Gasteiger partial charge in [0, 0.05) is 12.1 Å². The summed E-state index contributed by atoms with van der Waals surface area (Å²) in [4.78, 5) is 0. The molecule has 2 atom stereocenters. The molecule has 0 aromatic rings. The average molecular weight is 229 g/mol. The van der Waals surface area contributed by atoms with Gasteiger partial charge in [-0.25, -0.2) is 0 Å². The topological polar surface area (TPSA) is 12.0 Å². The van der Waals surface area contributed by atoms with Crippen LogP contribution in [0.15, 0.2) is 0 Å². The summed E-state index contributed by atoms with van der Waals surface area (Å²) < 4.78 is 0. The van der Waals surface area contributed by atoms with Crippen LogP contribution in [0.2, 0.25) is 0 Å². The van der Waals surface area contributed by atoms with Gasteiger partial charge in [-0.05, 0) is 26.2 Å². The third-order valence-electron chi connectivity index (χ3n) is 2.79. The largest absolute Gasteiger partial charge is 0.312 e. The second kappa shape index (κ2) is 15.0. The van der Waals surface area contributed by atoms with E-state index in [4.69, 9.17) is 0 Å². The van der Waals surface area contributed by atoms with Crippen molar-refractivity contribution in [1.82, 2.24) is 5.32 Å². The van der Waals surface area contributed by atoms with Gasteiger partial charge in [0.2, 0.25) is 0 Å². The lowest BCUT2D eigenvalue weighted by atomic mass is 10.0. The molecule has 0 aromatic carbocycles. The highest BCUT2D eigenvalue weighted by Gasteiger charge is 2.09. The maximum atomic E-state index is 3.75. The second-order valence-electron chi connectivity index (χ2n) is 4.48. The van der Waals surface area contributed by atoms with Gasteiger partial charge < -0.3 is 5.32 Å². The Labute approximate surface area is 104 Å². The fourth-order valence-corrected chi connectivity index (χ4v) is 2.03. The van der Waals surface area contributed by atoms with Gasteiger partial charge in [-0.3, -0.25) is 0 Å². The number of rotatable bonds is 9. The Morgan fingerprint density at radius 1 is 0.812 bits per heavy atom. The van der Waals surface area contributed by atoms with Crippen LogP contribution in [0.3, 0.4) is 0 Å². The Kier molecular flexibility index (Phi) is 17.1. The highest BCUT2D eigenvalue weighted by molar-refractivity contribution is 4.70. The third kappa shape index (κ3) is 12.0. The molecule has 1 N–H and O–H groups in total. The van der Waals surface area contributed by atoms with Gasteiger partial charge in [-0.2, -0.15) is 0 Å². The highest BCUT2D eigenvalue weighted by atomic mass is 14.9. The molecule has 0 radical (unpaired) electrons. The van der Waals surface area contributed by atoms with Crippen LogP contribution < -0.4 is 5.32 Å². The van der Waals surface area contributed by atoms with Gasteiger partial charge in [0.25, 0.3) is 0 Å². The summed E-state index contributed by atoms with van der Waals surface area (Å²) in [5.41, 5.74) is 0. The van der Waals surface area contributed by atoms with Crippen molar-refractivity contribution in [2.75, 3.05) is 0 Å². The lowest BCUT2D eigenvalue weighted by Gasteiger charge is -2.22. The van der Waals surface area contributed by atoms with E-state index in [9.17, 15) is 0 Å². The molecule has 0 rings (SSSR count). The van der Waals surface area contributed by atoms with E-state index in [-0.39, 0.29) is 0 Å². The first-order valence-corrected chi connectivity index (χ1v) is 7.50. The monoisotopic (exact) mass is 229 g/mol. The normalized spacial score (nSPS) is 13.9. The van der Waals surface area contributed by atoms with Gasteiger partial charge in [-0.1, -0.05) is 60.3 Å². The molecular weight excluding hydrogens is 194 g/mol. The summed E-state index contributed by atoms with van der Waals surface area (Å²) in [7, 11) is 0. The Bertz CT molecular complexity index is 112. The van der Waals surface area contributed by atoms with Crippen molar-refractivity contribution in [3.05, 3.63) is 0 Å².